The molecular weight excluding hydrogens is 280 g/mol. The summed E-state index contributed by atoms with van der Waals surface area (Å²) in [6.07, 6.45) is 3.40. The van der Waals surface area contributed by atoms with Crippen LogP contribution in [0.5, 0.6) is 0 Å². The minimum atomic E-state index is -0.924. The van der Waals surface area contributed by atoms with Crippen molar-refractivity contribution in [3.05, 3.63) is 65.5 Å². The Morgan fingerprint density at radius 3 is 2.55 bits per heavy atom. The highest BCUT2D eigenvalue weighted by molar-refractivity contribution is 5.94. The van der Waals surface area contributed by atoms with E-state index in [2.05, 4.69) is 10.3 Å². The van der Waals surface area contributed by atoms with E-state index in [4.69, 9.17) is 0 Å². The van der Waals surface area contributed by atoms with Crippen LogP contribution in [0, 0.1) is 12.8 Å². The third kappa shape index (κ3) is 4.41. The fourth-order valence-corrected chi connectivity index (χ4v) is 2.07. The third-order valence-electron chi connectivity index (χ3n) is 3.38. The molecule has 2 rings (SSSR count). The number of aryl methyl sites for hydroxylation is 1. The number of carbonyl (C=O) groups is 2. The Kier molecular flexibility index (Phi) is 5.25. The number of pyridine rings is 1. The second-order valence-electron chi connectivity index (χ2n) is 5.18. The molecule has 1 aromatic heterocycles. The van der Waals surface area contributed by atoms with Crippen LogP contribution in [0.2, 0.25) is 0 Å². The monoisotopic (exact) mass is 298 g/mol. The first-order valence-corrected chi connectivity index (χ1v) is 7.03. The Morgan fingerprint density at radius 2 is 1.95 bits per heavy atom. The van der Waals surface area contributed by atoms with Gasteiger partial charge in [-0.1, -0.05) is 29.8 Å². The lowest BCUT2D eigenvalue weighted by Gasteiger charge is -2.13. The molecule has 1 atom stereocenters. The van der Waals surface area contributed by atoms with Crippen LogP contribution < -0.4 is 5.32 Å². The van der Waals surface area contributed by atoms with Crippen molar-refractivity contribution < 1.29 is 14.7 Å². The van der Waals surface area contributed by atoms with Crippen LogP contribution in [0.1, 0.15) is 21.5 Å². The normalized spacial score (nSPS) is 11.7. The van der Waals surface area contributed by atoms with Gasteiger partial charge in [0.2, 0.25) is 0 Å². The lowest BCUT2D eigenvalue weighted by molar-refractivity contribution is -0.141. The minimum Gasteiger partial charge on any atom is -0.481 e. The fraction of sp³-hybridized carbons (Fsp3) is 0.235. The second-order valence-corrected chi connectivity index (χ2v) is 5.18. The van der Waals surface area contributed by atoms with Crippen molar-refractivity contribution in [3.63, 3.8) is 0 Å². The summed E-state index contributed by atoms with van der Waals surface area (Å²) < 4.78 is 0. The first kappa shape index (κ1) is 15.7. The minimum absolute atomic E-state index is 0.0803. The fourth-order valence-electron chi connectivity index (χ4n) is 2.07. The molecule has 1 heterocycles. The van der Waals surface area contributed by atoms with Gasteiger partial charge in [-0.15, -0.1) is 0 Å². The van der Waals surface area contributed by atoms with Crippen LogP contribution in [0.4, 0.5) is 0 Å². The van der Waals surface area contributed by atoms with Gasteiger partial charge >= 0.3 is 5.97 Å². The number of carboxylic acids is 1. The van der Waals surface area contributed by atoms with Gasteiger partial charge in [-0.2, -0.15) is 0 Å². The Bertz CT molecular complexity index is 639. The molecule has 114 valence electrons. The van der Waals surface area contributed by atoms with E-state index in [0.717, 1.165) is 11.1 Å². The molecule has 0 fully saturated rings. The van der Waals surface area contributed by atoms with Crippen LogP contribution in [0.3, 0.4) is 0 Å². The summed E-state index contributed by atoms with van der Waals surface area (Å²) in [5.41, 5.74) is 2.48. The average Bonchev–Trinajstić information content (AvgIpc) is 2.53. The number of carbonyl (C=O) groups excluding carboxylic acids is 1. The molecule has 0 saturated carbocycles. The smallest absolute Gasteiger partial charge is 0.308 e. The van der Waals surface area contributed by atoms with Gasteiger partial charge in [0.1, 0.15) is 0 Å². The molecule has 2 aromatic rings. The van der Waals surface area contributed by atoms with Gasteiger partial charge in [0.05, 0.1) is 11.5 Å². The highest BCUT2D eigenvalue weighted by atomic mass is 16.4. The van der Waals surface area contributed by atoms with E-state index < -0.39 is 11.9 Å². The molecule has 0 aliphatic rings. The van der Waals surface area contributed by atoms with E-state index in [1.165, 1.54) is 6.20 Å². The zero-order valence-electron chi connectivity index (χ0n) is 12.3. The van der Waals surface area contributed by atoms with E-state index >= 15 is 0 Å². The van der Waals surface area contributed by atoms with Crippen molar-refractivity contribution in [1.82, 2.24) is 10.3 Å². The predicted octanol–water partition coefficient (Wildman–Crippen LogP) is 2.06. The van der Waals surface area contributed by atoms with Gasteiger partial charge in [0.15, 0.2) is 0 Å². The lowest BCUT2D eigenvalue weighted by Crippen LogP contribution is -2.34. The molecule has 2 N–H and O–H groups in total. The van der Waals surface area contributed by atoms with E-state index in [9.17, 15) is 14.7 Å². The number of hydrogen-bond donors (Lipinski definition) is 2. The summed E-state index contributed by atoms with van der Waals surface area (Å²) in [5.74, 6) is -1.90. The molecule has 0 saturated heterocycles. The van der Waals surface area contributed by atoms with Crippen LogP contribution in [0.25, 0.3) is 0 Å². The number of carboxylic acid groups (broad SMARTS) is 1. The second kappa shape index (κ2) is 7.36. The largest absolute Gasteiger partial charge is 0.481 e. The number of rotatable bonds is 6. The highest BCUT2D eigenvalue weighted by Crippen LogP contribution is 2.10. The quantitative estimate of drug-likeness (QED) is 0.855. The Morgan fingerprint density at radius 1 is 1.23 bits per heavy atom. The van der Waals surface area contributed by atoms with Crippen LogP contribution >= 0.6 is 0 Å². The van der Waals surface area contributed by atoms with Crippen molar-refractivity contribution >= 4 is 11.9 Å². The molecule has 0 unspecified atom stereocenters. The molecule has 5 nitrogen and oxygen atoms in total. The highest BCUT2D eigenvalue weighted by Gasteiger charge is 2.19. The first-order valence-electron chi connectivity index (χ1n) is 7.03. The van der Waals surface area contributed by atoms with Gasteiger partial charge in [-0.25, -0.2) is 0 Å². The summed E-state index contributed by atoms with van der Waals surface area (Å²) in [6.45, 7) is 2.06. The van der Waals surface area contributed by atoms with Crippen LogP contribution in [-0.4, -0.2) is 28.5 Å². The Balaban J connectivity index is 1.96. The summed E-state index contributed by atoms with van der Waals surface area (Å²) >= 11 is 0. The summed E-state index contributed by atoms with van der Waals surface area (Å²) in [7, 11) is 0. The first-order chi connectivity index (χ1) is 10.6. The van der Waals surface area contributed by atoms with Gasteiger partial charge in [0, 0.05) is 18.9 Å². The SMILES string of the molecule is Cc1ccc(C[C@H](CNC(=O)c2cccnc2)C(=O)O)cc1. The maximum absolute atomic E-state index is 11.9. The van der Waals surface area contributed by atoms with Crippen molar-refractivity contribution in [2.45, 2.75) is 13.3 Å². The number of aromatic nitrogens is 1. The summed E-state index contributed by atoms with van der Waals surface area (Å²) in [5, 5.41) is 12.0. The molecular formula is C17H18N2O3. The van der Waals surface area contributed by atoms with Crippen molar-refractivity contribution in [2.75, 3.05) is 6.54 Å². The van der Waals surface area contributed by atoms with E-state index in [1.807, 2.05) is 31.2 Å². The topological polar surface area (TPSA) is 79.3 Å². The van der Waals surface area contributed by atoms with Crippen LogP contribution in [-0.2, 0) is 11.2 Å². The van der Waals surface area contributed by atoms with Crippen molar-refractivity contribution in [3.8, 4) is 0 Å². The zero-order valence-corrected chi connectivity index (χ0v) is 12.3. The van der Waals surface area contributed by atoms with Gasteiger partial charge < -0.3 is 10.4 Å². The molecule has 0 bridgehead atoms. The van der Waals surface area contributed by atoms with Crippen molar-refractivity contribution in [1.29, 1.82) is 0 Å². The van der Waals surface area contributed by atoms with Gasteiger partial charge in [-0.05, 0) is 31.0 Å². The number of aliphatic carboxylic acids is 1. The van der Waals surface area contributed by atoms with E-state index in [-0.39, 0.29) is 12.5 Å². The molecule has 1 aromatic carbocycles. The zero-order chi connectivity index (χ0) is 15.9. The summed E-state index contributed by atoms with van der Waals surface area (Å²) in [6, 6.07) is 11.0. The van der Waals surface area contributed by atoms with Crippen molar-refractivity contribution in [2.24, 2.45) is 5.92 Å². The lowest BCUT2D eigenvalue weighted by atomic mass is 9.98. The van der Waals surface area contributed by atoms with Gasteiger partial charge in [0.25, 0.3) is 5.91 Å². The molecule has 0 spiro atoms. The maximum Gasteiger partial charge on any atom is 0.308 e. The molecule has 0 aliphatic carbocycles. The molecule has 22 heavy (non-hydrogen) atoms. The summed E-state index contributed by atoms with van der Waals surface area (Å²) in [4.78, 5) is 27.1. The molecule has 0 radical (unpaired) electrons. The number of benzene rings is 1. The van der Waals surface area contributed by atoms with Gasteiger partial charge in [-0.3, -0.25) is 14.6 Å². The Labute approximate surface area is 129 Å². The van der Waals surface area contributed by atoms with Crippen LogP contribution in [0.15, 0.2) is 48.8 Å². The third-order valence-corrected chi connectivity index (χ3v) is 3.38. The molecule has 0 aliphatic heterocycles. The number of nitrogens with zero attached hydrogens (tertiary/aromatic N) is 1. The standard InChI is InChI=1S/C17H18N2O3/c1-12-4-6-13(7-5-12)9-15(17(21)22)11-19-16(20)14-3-2-8-18-10-14/h2-8,10,15H,9,11H2,1H3,(H,19,20)(H,21,22)/t15-/m1/s1. The average molecular weight is 298 g/mol. The van der Waals surface area contributed by atoms with E-state index in [0.29, 0.717) is 12.0 Å². The molecule has 1 amide bonds. The molecule has 5 heteroatoms. The Hall–Kier alpha value is -2.69. The number of hydrogen-bond acceptors (Lipinski definition) is 3. The number of nitrogens with one attached hydrogen (secondary N) is 1. The maximum atomic E-state index is 11.9. The van der Waals surface area contributed by atoms with E-state index in [1.54, 1.807) is 18.3 Å². The predicted molar refractivity (Wildman–Crippen MR) is 82.6 cm³/mol. The number of amides is 1.